The van der Waals surface area contributed by atoms with E-state index in [1.54, 1.807) is 0 Å². The Morgan fingerprint density at radius 3 is 2.73 bits per heavy atom. The summed E-state index contributed by atoms with van der Waals surface area (Å²) in [6.07, 6.45) is 0. The van der Waals surface area contributed by atoms with E-state index < -0.39 is 17.2 Å². The van der Waals surface area contributed by atoms with Crippen LogP contribution in [0.1, 0.15) is 0 Å². The molecule has 0 aliphatic carbocycles. The first-order chi connectivity index (χ1) is 7.13. The summed E-state index contributed by atoms with van der Waals surface area (Å²) in [6, 6.07) is 3.55. The Balaban J connectivity index is 2.96. The SMILES string of the molecule is COc1cc(F)c(F)c2[nH]c(=O)ccc12. The quantitative estimate of drug-likeness (QED) is 0.781. The molecule has 0 amide bonds. The highest BCUT2D eigenvalue weighted by molar-refractivity contribution is 5.85. The lowest BCUT2D eigenvalue weighted by Gasteiger charge is -2.06. The summed E-state index contributed by atoms with van der Waals surface area (Å²) in [6.45, 7) is 0. The van der Waals surface area contributed by atoms with E-state index in [1.165, 1.54) is 19.2 Å². The maximum atomic E-state index is 13.3. The van der Waals surface area contributed by atoms with Crippen molar-refractivity contribution in [1.82, 2.24) is 4.98 Å². The van der Waals surface area contributed by atoms with Gasteiger partial charge in [0.15, 0.2) is 11.6 Å². The fourth-order valence-electron chi connectivity index (χ4n) is 1.40. The first-order valence-corrected chi connectivity index (χ1v) is 4.18. The Bertz CT molecular complexity index is 577. The van der Waals surface area contributed by atoms with E-state index in [0.717, 1.165) is 6.07 Å². The number of fused-ring (bicyclic) bond motifs is 1. The lowest BCUT2D eigenvalue weighted by Crippen LogP contribution is -2.05. The van der Waals surface area contributed by atoms with Crippen LogP contribution >= 0.6 is 0 Å². The first kappa shape index (κ1) is 9.64. The third kappa shape index (κ3) is 1.45. The van der Waals surface area contributed by atoms with Gasteiger partial charge in [0.25, 0.3) is 0 Å². The third-order valence-electron chi connectivity index (χ3n) is 2.09. The Labute approximate surface area is 83.3 Å². The van der Waals surface area contributed by atoms with Crippen molar-refractivity contribution in [3.63, 3.8) is 0 Å². The Hall–Kier alpha value is -1.91. The molecule has 0 saturated carbocycles. The molecule has 0 atom stereocenters. The summed E-state index contributed by atoms with van der Waals surface area (Å²) in [5.74, 6) is -1.95. The highest BCUT2D eigenvalue weighted by atomic mass is 19.2. The number of pyridine rings is 1. The smallest absolute Gasteiger partial charge is 0.248 e. The zero-order valence-corrected chi connectivity index (χ0v) is 7.80. The zero-order valence-electron chi connectivity index (χ0n) is 7.80. The minimum Gasteiger partial charge on any atom is -0.496 e. The van der Waals surface area contributed by atoms with E-state index in [9.17, 15) is 13.6 Å². The molecule has 3 nitrogen and oxygen atoms in total. The van der Waals surface area contributed by atoms with Crippen LogP contribution in [0.15, 0.2) is 23.0 Å². The molecule has 5 heteroatoms. The van der Waals surface area contributed by atoms with Gasteiger partial charge in [-0.15, -0.1) is 0 Å². The van der Waals surface area contributed by atoms with Crippen LogP contribution < -0.4 is 10.3 Å². The number of rotatable bonds is 1. The first-order valence-electron chi connectivity index (χ1n) is 4.18. The van der Waals surface area contributed by atoms with Crippen molar-refractivity contribution in [2.45, 2.75) is 0 Å². The van der Waals surface area contributed by atoms with Gasteiger partial charge in [-0.2, -0.15) is 0 Å². The van der Waals surface area contributed by atoms with Crippen molar-refractivity contribution < 1.29 is 13.5 Å². The molecule has 1 aromatic carbocycles. The summed E-state index contributed by atoms with van der Waals surface area (Å²) in [4.78, 5) is 13.2. The second kappa shape index (κ2) is 3.34. The summed E-state index contributed by atoms with van der Waals surface area (Å²) < 4.78 is 31.2. The number of hydrogen-bond donors (Lipinski definition) is 1. The molecule has 0 saturated heterocycles. The van der Waals surface area contributed by atoms with Gasteiger partial charge >= 0.3 is 0 Å². The average Bonchev–Trinajstić information content (AvgIpc) is 2.23. The van der Waals surface area contributed by atoms with Crippen LogP contribution in [0.4, 0.5) is 8.78 Å². The normalized spacial score (nSPS) is 10.6. The van der Waals surface area contributed by atoms with Crippen LogP contribution in [0, 0.1) is 11.6 Å². The molecule has 0 aliphatic rings. The number of H-pyrrole nitrogens is 1. The van der Waals surface area contributed by atoms with Crippen LogP contribution in [0.3, 0.4) is 0 Å². The number of benzene rings is 1. The Morgan fingerprint density at radius 1 is 1.33 bits per heavy atom. The van der Waals surface area contributed by atoms with Gasteiger partial charge in [0.05, 0.1) is 12.6 Å². The summed E-state index contributed by atoms with van der Waals surface area (Å²) in [5, 5.41) is 0.330. The van der Waals surface area contributed by atoms with Crippen LogP contribution in [0.5, 0.6) is 5.75 Å². The van der Waals surface area contributed by atoms with Gasteiger partial charge < -0.3 is 9.72 Å². The van der Waals surface area contributed by atoms with E-state index in [0.29, 0.717) is 5.39 Å². The van der Waals surface area contributed by atoms with Crippen molar-refractivity contribution in [2.75, 3.05) is 7.11 Å². The van der Waals surface area contributed by atoms with Crippen molar-refractivity contribution >= 4 is 10.9 Å². The molecule has 2 rings (SSSR count). The van der Waals surface area contributed by atoms with Crippen molar-refractivity contribution in [3.05, 3.63) is 40.2 Å². The van der Waals surface area contributed by atoms with Crippen LogP contribution in [-0.2, 0) is 0 Å². The van der Waals surface area contributed by atoms with Gasteiger partial charge in [-0.25, -0.2) is 8.78 Å². The fourth-order valence-corrected chi connectivity index (χ4v) is 1.40. The molecular weight excluding hydrogens is 204 g/mol. The standard InChI is InChI=1S/C10H7F2NO2/c1-15-7-4-6(11)9(12)10-5(7)2-3-8(14)13-10/h2-4H,1H3,(H,13,14). The highest BCUT2D eigenvalue weighted by Gasteiger charge is 2.12. The van der Waals surface area contributed by atoms with Gasteiger partial charge in [-0.3, -0.25) is 4.79 Å². The maximum Gasteiger partial charge on any atom is 0.248 e. The third-order valence-corrected chi connectivity index (χ3v) is 2.09. The lowest BCUT2D eigenvalue weighted by molar-refractivity contribution is 0.412. The van der Waals surface area contributed by atoms with Gasteiger partial charge in [0.2, 0.25) is 5.56 Å². The summed E-state index contributed by atoms with van der Waals surface area (Å²) in [7, 11) is 1.34. The minimum absolute atomic E-state index is 0.181. The predicted molar refractivity (Wildman–Crippen MR) is 51.0 cm³/mol. The number of methoxy groups -OCH3 is 1. The topological polar surface area (TPSA) is 42.1 Å². The summed E-state index contributed by atoms with van der Waals surface area (Å²) >= 11 is 0. The van der Waals surface area contributed by atoms with Gasteiger partial charge in [0.1, 0.15) is 5.75 Å². The number of hydrogen-bond acceptors (Lipinski definition) is 2. The molecule has 0 spiro atoms. The molecule has 1 aromatic heterocycles. The van der Waals surface area contributed by atoms with Gasteiger partial charge in [-0.1, -0.05) is 0 Å². The molecule has 0 bridgehead atoms. The van der Waals surface area contributed by atoms with E-state index in [1.807, 2.05) is 0 Å². The maximum absolute atomic E-state index is 13.3. The van der Waals surface area contributed by atoms with Crippen LogP contribution in [-0.4, -0.2) is 12.1 Å². The highest BCUT2D eigenvalue weighted by Crippen LogP contribution is 2.27. The fraction of sp³-hybridized carbons (Fsp3) is 0.100. The monoisotopic (exact) mass is 211 g/mol. The van der Waals surface area contributed by atoms with Crippen LogP contribution in [0.25, 0.3) is 10.9 Å². The van der Waals surface area contributed by atoms with E-state index in [2.05, 4.69) is 4.98 Å². The molecule has 15 heavy (non-hydrogen) atoms. The van der Waals surface area contributed by atoms with Crippen molar-refractivity contribution in [2.24, 2.45) is 0 Å². The molecule has 78 valence electrons. The molecular formula is C10H7F2NO2. The van der Waals surface area contributed by atoms with Crippen molar-refractivity contribution in [1.29, 1.82) is 0 Å². The molecule has 0 aliphatic heterocycles. The molecule has 1 N–H and O–H groups in total. The average molecular weight is 211 g/mol. The molecule has 0 unspecified atom stereocenters. The Morgan fingerprint density at radius 2 is 2.07 bits per heavy atom. The molecule has 0 fully saturated rings. The number of aromatic nitrogens is 1. The summed E-state index contributed by atoms with van der Waals surface area (Å²) in [5.41, 5.74) is -0.673. The number of nitrogens with one attached hydrogen (secondary N) is 1. The molecule has 0 radical (unpaired) electrons. The Kier molecular flexibility index (Phi) is 2.15. The van der Waals surface area contributed by atoms with E-state index in [-0.39, 0.29) is 11.3 Å². The second-order valence-corrected chi connectivity index (χ2v) is 2.99. The van der Waals surface area contributed by atoms with E-state index in [4.69, 9.17) is 4.74 Å². The minimum atomic E-state index is -1.08. The van der Waals surface area contributed by atoms with Crippen LogP contribution in [0.2, 0.25) is 0 Å². The van der Waals surface area contributed by atoms with Gasteiger partial charge in [-0.05, 0) is 6.07 Å². The number of aromatic amines is 1. The molecule has 1 heterocycles. The zero-order chi connectivity index (χ0) is 11.0. The number of halogens is 2. The number of ether oxygens (including phenoxy) is 1. The van der Waals surface area contributed by atoms with Crippen molar-refractivity contribution in [3.8, 4) is 5.75 Å². The van der Waals surface area contributed by atoms with Gasteiger partial charge in [0, 0.05) is 17.5 Å². The second-order valence-electron chi connectivity index (χ2n) is 2.99. The molecule has 2 aromatic rings. The van der Waals surface area contributed by atoms with E-state index >= 15 is 0 Å². The predicted octanol–water partition coefficient (Wildman–Crippen LogP) is 1.81. The largest absolute Gasteiger partial charge is 0.496 e. The lowest BCUT2D eigenvalue weighted by atomic mass is 10.2.